The Kier molecular flexibility index (Phi) is 5.13. The molecule has 1 N–H and O–H groups in total. The number of rotatable bonds is 6. The van der Waals surface area contributed by atoms with Crippen molar-refractivity contribution in [3.8, 4) is 5.88 Å². The number of hydrogen-bond donors (Lipinski definition) is 1. The maximum Gasteiger partial charge on any atom is 0.214 e. The van der Waals surface area contributed by atoms with Crippen LogP contribution in [-0.4, -0.2) is 11.5 Å². The third-order valence-electron chi connectivity index (χ3n) is 3.34. The summed E-state index contributed by atoms with van der Waals surface area (Å²) in [7, 11) is 0. The van der Waals surface area contributed by atoms with Gasteiger partial charge in [0.05, 0.1) is 0 Å². The van der Waals surface area contributed by atoms with Crippen LogP contribution in [0.3, 0.4) is 0 Å². The van der Waals surface area contributed by atoms with Crippen LogP contribution in [0.25, 0.3) is 0 Å². The van der Waals surface area contributed by atoms with Crippen LogP contribution in [0.15, 0.2) is 48.7 Å². The molecule has 0 spiro atoms. The lowest BCUT2D eigenvalue weighted by atomic mass is 10.1. The molecule has 0 amide bonds. The van der Waals surface area contributed by atoms with Gasteiger partial charge in [-0.1, -0.05) is 37.3 Å². The number of benzene rings is 1. The third-order valence-corrected chi connectivity index (χ3v) is 3.34. The van der Waals surface area contributed by atoms with Crippen LogP contribution in [-0.2, 0) is 0 Å². The van der Waals surface area contributed by atoms with Crippen LogP contribution in [0.4, 0.5) is 0 Å². The van der Waals surface area contributed by atoms with Gasteiger partial charge in [0.25, 0.3) is 0 Å². The fourth-order valence-corrected chi connectivity index (χ4v) is 2.16. The number of ether oxygens (including phenoxy) is 1. The monoisotopic (exact) mass is 270 g/mol. The number of aromatic nitrogens is 1. The molecule has 0 aliphatic heterocycles. The molecule has 20 heavy (non-hydrogen) atoms. The summed E-state index contributed by atoms with van der Waals surface area (Å²) in [5.41, 5.74) is 2.34. The highest BCUT2D eigenvalue weighted by atomic mass is 16.5. The van der Waals surface area contributed by atoms with Gasteiger partial charge >= 0.3 is 0 Å². The summed E-state index contributed by atoms with van der Waals surface area (Å²) in [6.07, 6.45) is 1.80. The van der Waals surface area contributed by atoms with E-state index in [9.17, 15) is 0 Å². The zero-order chi connectivity index (χ0) is 14.4. The molecule has 2 unspecified atom stereocenters. The summed E-state index contributed by atoms with van der Waals surface area (Å²) >= 11 is 0. The van der Waals surface area contributed by atoms with E-state index in [1.807, 2.05) is 37.3 Å². The maximum absolute atomic E-state index is 5.93. The number of hydrogen-bond acceptors (Lipinski definition) is 3. The first-order chi connectivity index (χ1) is 9.70. The van der Waals surface area contributed by atoms with E-state index in [0.29, 0.717) is 11.9 Å². The molecular formula is C17H22N2O. The number of nitrogens with zero attached hydrogens (tertiary/aromatic N) is 1. The summed E-state index contributed by atoms with van der Waals surface area (Å²) in [4.78, 5) is 4.30. The third kappa shape index (κ3) is 3.81. The minimum absolute atomic E-state index is 0.00612. The Hall–Kier alpha value is -1.87. The lowest BCUT2D eigenvalue weighted by Crippen LogP contribution is -2.17. The van der Waals surface area contributed by atoms with Gasteiger partial charge in [0.1, 0.15) is 6.10 Å². The van der Waals surface area contributed by atoms with E-state index in [0.717, 1.165) is 12.1 Å². The van der Waals surface area contributed by atoms with Gasteiger partial charge in [-0.3, -0.25) is 0 Å². The summed E-state index contributed by atoms with van der Waals surface area (Å²) in [5, 5.41) is 3.39. The first-order valence-corrected chi connectivity index (χ1v) is 7.11. The van der Waals surface area contributed by atoms with Crippen molar-refractivity contribution in [2.45, 2.75) is 32.9 Å². The van der Waals surface area contributed by atoms with Gasteiger partial charge in [-0.25, -0.2) is 4.98 Å². The fraction of sp³-hybridized carbons (Fsp3) is 0.353. The molecule has 0 radical (unpaired) electrons. The van der Waals surface area contributed by atoms with Crippen LogP contribution in [0.2, 0.25) is 0 Å². The Labute approximate surface area is 121 Å². The molecule has 1 aromatic carbocycles. The van der Waals surface area contributed by atoms with Gasteiger partial charge in [0, 0.05) is 18.3 Å². The highest BCUT2D eigenvalue weighted by molar-refractivity contribution is 5.25. The van der Waals surface area contributed by atoms with Crippen molar-refractivity contribution in [3.05, 3.63) is 59.8 Å². The topological polar surface area (TPSA) is 34.2 Å². The van der Waals surface area contributed by atoms with Crippen molar-refractivity contribution in [1.29, 1.82) is 0 Å². The highest BCUT2D eigenvalue weighted by Gasteiger charge is 2.10. The van der Waals surface area contributed by atoms with E-state index in [1.165, 1.54) is 5.56 Å². The van der Waals surface area contributed by atoms with Gasteiger partial charge in [-0.15, -0.1) is 0 Å². The lowest BCUT2D eigenvalue weighted by Gasteiger charge is -2.17. The minimum atomic E-state index is -0.00612. The Morgan fingerprint density at radius 2 is 1.85 bits per heavy atom. The zero-order valence-corrected chi connectivity index (χ0v) is 12.3. The van der Waals surface area contributed by atoms with E-state index in [-0.39, 0.29) is 6.10 Å². The van der Waals surface area contributed by atoms with Gasteiger partial charge in [0.15, 0.2) is 0 Å². The van der Waals surface area contributed by atoms with Crippen LogP contribution in [0, 0.1) is 0 Å². The summed E-state index contributed by atoms with van der Waals surface area (Å²) < 4.78 is 5.93. The first-order valence-electron chi connectivity index (χ1n) is 7.11. The summed E-state index contributed by atoms with van der Waals surface area (Å²) in [6, 6.07) is 14.5. The lowest BCUT2D eigenvalue weighted by molar-refractivity contribution is 0.217. The molecule has 3 heteroatoms. The second-order valence-electron chi connectivity index (χ2n) is 4.88. The molecule has 1 aromatic heterocycles. The molecule has 0 aliphatic carbocycles. The SMILES string of the molecule is CCNC(C)c1ccnc(OC(C)c2ccccc2)c1. The second kappa shape index (κ2) is 7.06. The van der Waals surface area contributed by atoms with E-state index < -0.39 is 0 Å². The summed E-state index contributed by atoms with van der Waals surface area (Å²) in [6.45, 7) is 7.23. The Morgan fingerprint density at radius 1 is 1.10 bits per heavy atom. The molecule has 106 valence electrons. The normalized spacial score (nSPS) is 13.8. The molecule has 0 aliphatic rings. The predicted molar refractivity (Wildman–Crippen MR) is 81.8 cm³/mol. The minimum Gasteiger partial charge on any atom is -0.470 e. The van der Waals surface area contributed by atoms with Crippen molar-refractivity contribution in [2.75, 3.05) is 6.54 Å². The molecule has 3 nitrogen and oxygen atoms in total. The molecule has 1 heterocycles. The van der Waals surface area contributed by atoms with Crippen LogP contribution >= 0.6 is 0 Å². The van der Waals surface area contributed by atoms with E-state index in [4.69, 9.17) is 4.74 Å². The Bertz CT molecular complexity index is 528. The smallest absolute Gasteiger partial charge is 0.214 e. The fourth-order valence-electron chi connectivity index (χ4n) is 2.16. The van der Waals surface area contributed by atoms with E-state index in [2.05, 4.69) is 36.3 Å². The molecule has 2 aromatic rings. The molecule has 2 atom stereocenters. The van der Waals surface area contributed by atoms with Crippen molar-refractivity contribution in [2.24, 2.45) is 0 Å². The van der Waals surface area contributed by atoms with E-state index >= 15 is 0 Å². The quantitative estimate of drug-likeness (QED) is 0.864. The molecule has 0 fully saturated rings. The van der Waals surface area contributed by atoms with Gasteiger partial charge < -0.3 is 10.1 Å². The highest BCUT2D eigenvalue weighted by Crippen LogP contribution is 2.22. The summed E-state index contributed by atoms with van der Waals surface area (Å²) in [5.74, 6) is 0.670. The average molecular weight is 270 g/mol. The predicted octanol–water partition coefficient (Wildman–Crippen LogP) is 3.89. The van der Waals surface area contributed by atoms with Gasteiger partial charge in [-0.2, -0.15) is 0 Å². The second-order valence-corrected chi connectivity index (χ2v) is 4.88. The largest absolute Gasteiger partial charge is 0.470 e. The van der Waals surface area contributed by atoms with Gasteiger partial charge in [0.2, 0.25) is 5.88 Å². The Balaban J connectivity index is 2.08. The van der Waals surface area contributed by atoms with Crippen molar-refractivity contribution >= 4 is 0 Å². The van der Waals surface area contributed by atoms with Crippen LogP contribution < -0.4 is 10.1 Å². The zero-order valence-electron chi connectivity index (χ0n) is 12.3. The van der Waals surface area contributed by atoms with Gasteiger partial charge in [-0.05, 0) is 37.6 Å². The number of pyridine rings is 1. The van der Waals surface area contributed by atoms with Crippen LogP contribution in [0.1, 0.15) is 44.0 Å². The van der Waals surface area contributed by atoms with Crippen molar-refractivity contribution < 1.29 is 4.74 Å². The Morgan fingerprint density at radius 3 is 2.55 bits per heavy atom. The van der Waals surface area contributed by atoms with Crippen molar-refractivity contribution in [1.82, 2.24) is 10.3 Å². The van der Waals surface area contributed by atoms with E-state index in [1.54, 1.807) is 6.20 Å². The average Bonchev–Trinajstić information content (AvgIpc) is 2.48. The maximum atomic E-state index is 5.93. The molecular weight excluding hydrogens is 248 g/mol. The standard InChI is InChI=1S/C17H22N2O/c1-4-18-13(2)16-10-11-19-17(12-16)20-14(3)15-8-6-5-7-9-15/h5-14,18H,4H2,1-3H3. The molecule has 0 bridgehead atoms. The molecule has 0 saturated carbocycles. The first kappa shape index (κ1) is 14.5. The van der Waals surface area contributed by atoms with Crippen molar-refractivity contribution in [3.63, 3.8) is 0 Å². The molecule has 2 rings (SSSR count). The van der Waals surface area contributed by atoms with Crippen LogP contribution in [0.5, 0.6) is 5.88 Å². The number of nitrogens with one attached hydrogen (secondary N) is 1. The molecule has 0 saturated heterocycles.